The maximum Gasteiger partial charge on any atom is 0.410 e. The molecule has 1 heterocycles. The third-order valence-electron chi connectivity index (χ3n) is 2.68. The Kier molecular flexibility index (Phi) is 3.53. The fourth-order valence-electron chi connectivity index (χ4n) is 1.74. The number of rotatable bonds is 0. The first-order valence-electron chi connectivity index (χ1n) is 5.86. The highest BCUT2D eigenvalue weighted by Gasteiger charge is 2.37. The molecule has 94 valence electrons. The molecule has 0 radical (unpaired) electrons. The first-order chi connectivity index (χ1) is 7.12. The lowest BCUT2D eigenvalue weighted by Gasteiger charge is -2.45. The fourth-order valence-corrected chi connectivity index (χ4v) is 1.74. The van der Waals surface area contributed by atoms with E-state index >= 15 is 0 Å². The summed E-state index contributed by atoms with van der Waals surface area (Å²) in [4.78, 5) is 13.9. The molecular formula is C12H24N2O2. The zero-order valence-corrected chi connectivity index (χ0v) is 11.3. The normalized spacial score (nSPS) is 25.4. The number of hydrogen-bond acceptors (Lipinski definition) is 3. The first-order valence-corrected chi connectivity index (χ1v) is 5.86. The van der Waals surface area contributed by atoms with E-state index in [1.165, 1.54) is 0 Å². The van der Waals surface area contributed by atoms with Gasteiger partial charge in [0.25, 0.3) is 0 Å². The number of ether oxygens (including phenoxy) is 1. The third-order valence-corrected chi connectivity index (χ3v) is 2.68. The molecule has 0 unspecified atom stereocenters. The maximum absolute atomic E-state index is 12.1. The number of hydrogen-bond donors (Lipinski definition) is 1. The van der Waals surface area contributed by atoms with Gasteiger partial charge in [0.15, 0.2) is 0 Å². The number of carbonyl (C=O) groups is 1. The average Bonchev–Trinajstić information content (AvgIpc) is 2.06. The van der Waals surface area contributed by atoms with Crippen LogP contribution in [0.25, 0.3) is 0 Å². The second kappa shape index (κ2) is 4.24. The van der Waals surface area contributed by atoms with Crippen LogP contribution < -0.4 is 5.32 Å². The zero-order valence-electron chi connectivity index (χ0n) is 11.3. The van der Waals surface area contributed by atoms with E-state index in [1.54, 1.807) is 0 Å². The zero-order chi connectivity index (χ0) is 12.6. The van der Waals surface area contributed by atoms with E-state index in [1.807, 2.05) is 25.7 Å². The van der Waals surface area contributed by atoms with Crippen LogP contribution in [-0.4, -0.2) is 41.3 Å². The average molecular weight is 228 g/mol. The van der Waals surface area contributed by atoms with Crippen molar-refractivity contribution in [1.29, 1.82) is 0 Å². The van der Waals surface area contributed by atoms with E-state index in [0.717, 1.165) is 6.54 Å². The van der Waals surface area contributed by atoms with Crippen molar-refractivity contribution in [3.05, 3.63) is 0 Å². The summed E-state index contributed by atoms with van der Waals surface area (Å²) in [6, 6.07) is 0.320. The molecule has 0 aromatic carbocycles. The minimum absolute atomic E-state index is 0.186. The quantitative estimate of drug-likeness (QED) is 0.689. The Morgan fingerprint density at radius 1 is 1.44 bits per heavy atom. The number of amides is 1. The SMILES string of the molecule is C[C@H]1CN(C(=O)OC(C)(C)C)C(C)(C)CN1. The van der Waals surface area contributed by atoms with E-state index in [2.05, 4.69) is 26.1 Å². The number of nitrogens with one attached hydrogen (secondary N) is 1. The van der Waals surface area contributed by atoms with Gasteiger partial charge in [-0.15, -0.1) is 0 Å². The van der Waals surface area contributed by atoms with Gasteiger partial charge in [-0.25, -0.2) is 4.79 Å². The van der Waals surface area contributed by atoms with E-state index in [0.29, 0.717) is 12.6 Å². The smallest absolute Gasteiger partial charge is 0.410 e. The largest absolute Gasteiger partial charge is 0.444 e. The van der Waals surface area contributed by atoms with Gasteiger partial charge in [-0.1, -0.05) is 0 Å². The lowest BCUT2D eigenvalue weighted by Crippen LogP contribution is -2.63. The summed E-state index contributed by atoms with van der Waals surface area (Å²) in [6.45, 7) is 13.4. The summed E-state index contributed by atoms with van der Waals surface area (Å²) >= 11 is 0. The van der Waals surface area contributed by atoms with Crippen LogP contribution in [0.1, 0.15) is 41.5 Å². The molecule has 1 N–H and O–H groups in total. The predicted octanol–water partition coefficient (Wildman–Crippen LogP) is 1.99. The Balaban J connectivity index is 2.72. The Morgan fingerprint density at radius 2 is 2.00 bits per heavy atom. The van der Waals surface area contributed by atoms with Crippen molar-refractivity contribution >= 4 is 6.09 Å². The highest BCUT2D eigenvalue weighted by molar-refractivity contribution is 5.69. The third kappa shape index (κ3) is 3.37. The Hall–Kier alpha value is -0.770. The number of nitrogens with zero attached hydrogens (tertiary/aromatic N) is 1. The molecule has 1 aliphatic rings. The second-order valence-electron chi connectivity index (χ2n) is 6.19. The molecule has 0 aromatic heterocycles. The summed E-state index contributed by atoms with van der Waals surface area (Å²) in [5.74, 6) is 0. The van der Waals surface area contributed by atoms with E-state index in [9.17, 15) is 4.79 Å². The number of piperazine rings is 1. The molecule has 1 rings (SSSR count). The van der Waals surface area contributed by atoms with Crippen LogP contribution in [0, 0.1) is 0 Å². The van der Waals surface area contributed by atoms with Gasteiger partial charge in [0.05, 0.1) is 5.54 Å². The maximum atomic E-state index is 12.1. The van der Waals surface area contributed by atoms with Gasteiger partial charge in [-0.2, -0.15) is 0 Å². The lowest BCUT2D eigenvalue weighted by molar-refractivity contribution is -0.00798. The summed E-state index contributed by atoms with van der Waals surface area (Å²) in [5, 5.41) is 3.37. The minimum Gasteiger partial charge on any atom is -0.444 e. The van der Waals surface area contributed by atoms with E-state index in [-0.39, 0.29) is 11.6 Å². The van der Waals surface area contributed by atoms with Gasteiger partial charge in [0.2, 0.25) is 0 Å². The van der Waals surface area contributed by atoms with Crippen molar-refractivity contribution in [2.75, 3.05) is 13.1 Å². The molecule has 16 heavy (non-hydrogen) atoms. The van der Waals surface area contributed by atoms with Gasteiger partial charge < -0.3 is 15.0 Å². The molecule has 0 aliphatic carbocycles. The lowest BCUT2D eigenvalue weighted by atomic mass is 9.98. The van der Waals surface area contributed by atoms with Crippen molar-refractivity contribution in [2.45, 2.75) is 58.7 Å². The van der Waals surface area contributed by atoms with Crippen LogP contribution in [0.5, 0.6) is 0 Å². The van der Waals surface area contributed by atoms with Gasteiger partial charge >= 0.3 is 6.09 Å². The van der Waals surface area contributed by atoms with Crippen molar-refractivity contribution in [3.63, 3.8) is 0 Å². The van der Waals surface area contributed by atoms with Crippen LogP contribution in [-0.2, 0) is 4.74 Å². The van der Waals surface area contributed by atoms with Crippen LogP contribution >= 0.6 is 0 Å². The van der Waals surface area contributed by atoms with Gasteiger partial charge in [-0.3, -0.25) is 0 Å². The van der Waals surface area contributed by atoms with Crippen LogP contribution in [0.4, 0.5) is 4.79 Å². The van der Waals surface area contributed by atoms with Crippen molar-refractivity contribution < 1.29 is 9.53 Å². The molecule has 0 aromatic rings. The summed E-state index contributed by atoms with van der Waals surface area (Å²) < 4.78 is 5.42. The molecule has 4 nitrogen and oxygen atoms in total. The fraction of sp³-hybridized carbons (Fsp3) is 0.917. The molecule has 1 fully saturated rings. The molecule has 1 saturated heterocycles. The topological polar surface area (TPSA) is 41.6 Å². The summed E-state index contributed by atoms with van der Waals surface area (Å²) in [6.07, 6.45) is -0.217. The second-order valence-corrected chi connectivity index (χ2v) is 6.19. The molecule has 4 heteroatoms. The number of carbonyl (C=O) groups excluding carboxylic acids is 1. The highest BCUT2D eigenvalue weighted by Crippen LogP contribution is 2.21. The Labute approximate surface area is 98.3 Å². The minimum atomic E-state index is -0.429. The molecule has 1 aliphatic heterocycles. The summed E-state index contributed by atoms with van der Waals surface area (Å²) in [5.41, 5.74) is -0.615. The van der Waals surface area contributed by atoms with Crippen LogP contribution in [0.3, 0.4) is 0 Å². The molecular weight excluding hydrogens is 204 g/mol. The van der Waals surface area contributed by atoms with E-state index in [4.69, 9.17) is 4.74 Å². The van der Waals surface area contributed by atoms with Crippen LogP contribution in [0.15, 0.2) is 0 Å². The molecule has 1 atom stereocenters. The Morgan fingerprint density at radius 3 is 2.50 bits per heavy atom. The molecule has 1 amide bonds. The molecule has 0 bridgehead atoms. The standard InChI is InChI=1S/C12H24N2O2/c1-9-7-14(12(5,6)8-13-9)10(15)16-11(2,3)4/h9,13H,7-8H2,1-6H3/t9-/m0/s1. The van der Waals surface area contributed by atoms with Crippen molar-refractivity contribution in [2.24, 2.45) is 0 Å². The highest BCUT2D eigenvalue weighted by atomic mass is 16.6. The van der Waals surface area contributed by atoms with Gasteiger partial charge in [-0.05, 0) is 41.5 Å². The van der Waals surface area contributed by atoms with E-state index < -0.39 is 5.60 Å². The van der Waals surface area contributed by atoms with Gasteiger partial charge in [0.1, 0.15) is 5.60 Å². The summed E-state index contributed by atoms with van der Waals surface area (Å²) in [7, 11) is 0. The predicted molar refractivity (Wildman–Crippen MR) is 64.5 cm³/mol. The Bertz CT molecular complexity index is 269. The first kappa shape index (κ1) is 13.3. The van der Waals surface area contributed by atoms with Crippen molar-refractivity contribution in [1.82, 2.24) is 10.2 Å². The molecule has 0 spiro atoms. The van der Waals surface area contributed by atoms with Crippen LogP contribution in [0.2, 0.25) is 0 Å². The van der Waals surface area contributed by atoms with Gasteiger partial charge in [0, 0.05) is 19.1 Å². The monoisotopic (exact) mass is 228 g/mol. The van der Waals surface area contributed by atoms with Crippen molar-refractivity contribution in [3.8, 4) is 0 Å². The molecule has 0 saturated carbocycles.